The number of fused-ring (bicyclic) bond motifs is 1. The van der Waals surface area contributed by atoms with Crippen LogP contribution in [-0.2, 0) is 11.2 Å². The molecule has 0 atom stereocenters. The largest absolute Gasteiger partial charge is 0.493 e. The van der Waals surface area contributed by atoms with Crippen LogP contribution in [0.4, 0.5) is 10.5 Å². The molecule has 2 heterocycles. The number of piperazine rings is 1. The van der Waals surface area contributed by atoms with Crippen LogP contribution in [0.3, 0.4) is 0 Å². The van der Waals surface area contributed by atoms with Crippen LogP contribution in [0.2, 0.25) is 0 Å². The number of nitrogens with zero attached hydrogens (tertiary/aromatic N) is 2. The van der Waals surface area contributed by atoms with Gasteiger partial charge in [0.1, 0.15) is 5.75 Å². The van der Waals surface area contributed by atoms with Gasteiger partial charge >= 0.3 is 6.03 Å². The third kappa shape index (κ3) is 2.54. The Morgan fingerprint density at radius 3 is 2.80 bits per heavy atom. The molecule has 0 unspecified atom stereocenters. The zero-order valence-corrected chi connectivity index (χ0v) is 11.2. The van der Waals surface area contributed by atoms with E-state index in [1.54, 1.807) is 9.80 Å². The average Bonchev–Trinajstić information content (AvgIpc) is 2.95. The van der Waals surface area contributed by atoms with Crippen molar-refractivity contribution in [1.82, 2.24) is 9.80 Å². The maximum Gasteiger partial charge on any atom is 0.321 e. The number of carbonyl (C=O) groups is 2. The molecule has 1 N–H and O–H groups in total. The first-order chi connectivity index (χ1) is 9.76. The number of carbonyl (C=O) groups excluding carboxylic acids is 2. The molecule has 20 heavy (non-hydrogen) atoms. The lowest BCUT2D eigenvalue weighted by Crippen LogP contribution is -2.49. The first-order valence-corrected chi connectivity index (χ1v) is 6.77. The van der Waals surface area contributed by atoms with Crippen molar-refractivity contribution < 1.29 is 14.3 Å². The molecular weight excluding hydrogens is 258 g/mol. The lowest BCUT2D eigenvalue weighted by Gasteiger charge is -2.32. The Labute approximate surface area is 117 Å². The lowest BCUT2D eigenvalue weighted by molar-refractivity contribution is -0.119. The summed E-state index contributed by atoms with van der Waals surface area (Å²) in [4.78, 5) is 26.2. The normalized spacial score (nSPS) is 17.4. The summed E-state index contributed by atoms with van der Waals surface area (Å²) >= 11 is 0. The number of ether oxygens (including phenoxy) is 1. The average molecular weight is 275 g/mol. The van der Waals surface area contributed by atoms with Gasteiger partial charge in [0.05, 0.1) is 6.61 Å². The molecule has 0 bridgehead atoms. The van der Waals surface area contributed by atoms with Crippen LogP contribution in [0.25, 0.3) is 0 Å². The van der Waals surface area contributed by atoms with Crippen LogP contribution < -0.4 is 10.1 Å². The van der Waals surface area contributed by atoms with Gasteiger partial charge in [-0.15, -0.1) is 0 Å². The number of amides is 3. The molecule has 6 heteroatoms. The maximum absolute atomic E-state index is 12.1. The number of urea groups is 1. The van der Waals surface area contributed by atoms with Crippen LogP contribution in [-0.4, -0.2) is 55.0 Å². The zero-order chi connectivity index (χ0) is 13.9. The van der Waals surface area contributed by atoms with Gasteiger partial charge in [0.25, 0.3) is 0 Å². The van der Waals surface area contributed by atoms with Gasteiger partial charge in [-0.05, 0) is 23.8 Å². The van der Waals surface area contributed by atoms with Crippen molar-refractivity contribution in [3.8, 4) is 5.75 Å². The second-order valence-corrected chi connectivity index (χ2v) is 4.98. The summed E-state index contributed by atoms with van der Waals surface area (Å²) in [6, 6.07) is 5.59. The Hall–Kier alpha value is -2.24. The summed E-state index contributed by atoms with van der Waals surface area (Å²) in [7, 11) is 0. The highest BCUT2D eigenvalue weighted by Gasteiger charge is 2.20. The van der Waals surface area contributed by atoms with E-state index in [2.05, 4.69) is 5.32 Å². The van der Waals surface area contributed by atoms with Crippen molar-refractivity contribution in [2.75, 3.05) is 38.1 Å². The molecule has 1 fully saturated rings. The Morgan fingerprint density at radius 1 is 1.25 bits per heavy atom. The van der Waals surface area contributed by atoms with Crippen LogP contribution in [0.15, 0.2) is 18.2 Å². The molecule has 3 rings (SSSR count). The topological polar surface area (TPSA) is 61.9 Å². The fourth-order valence-corrected chi connectivity index (χ4v) is 2.50. The minimum Gasteiger partial charge on any atom is -0.493 e. The first kappa shape index (κ1) is 12.8. The molecule has 1 aromatic carbocycles. The minimum absolute atomic E-state index is 0.116. The number of anilines is 1. The summed E-state index contributed by atoms with van der Waals surface area (Å²) < 4.78 is 5.44. The molecule has 1 aromatic rings. The summed E-state index contributed by atoms with van der Waals surface area (Å²) in [5, 5.41) is 2.90. The standard InChI is InChI=1S/C14H17N3O3/c18-10-16-4-6-17(7-5-16)14(19)15-12-1-2-13-11(9-12)3-8-20-13/h1-2,9-10H,3-8H2,(H,15,19). The lowest BCUT2D eigenvalue weighted by atomic mass is 10.1. The van der Waals surface area contributed by atoms with Crippen molar-refractivity contribution in [3.05, 3.63) is 23.8 Å². The molecule has 2 aliphatic heterocycles. The number of hydrogen-bond acceptors (Lipinski definition) is 3. The predicted molar refractivity (Wildman–Crippen MR) is 73.9 cm³/mol. The third-order valence-electron chi connectivity index (χ3n) is 3.69. The van der Waals surface area contributed by atoms with Crippen LogP contribution in [0.5, 0.6) is 5.75 Å². The van der Waals surface area contributed by atoms with E-state index in [0.717, 1.165) is 29.8 Å². The molecule has 0 radical (unpaired) electrons. The van der Waals surface area contributed by atoms with Gasteiger partial charge < -0.3 is 19.9 Å². The van der Waals surface area contributed by atoms with E-state index in [4.69, 9.17) is 4.74 Å². The van der Waals surface area contributed by atoms with Crippen molar-refractivity contribution >= 4 is 18.1 Å². The van der Waals surface area contributed by atoms with E-state index >= 15 is 0 Å². The Kier molecular flexibility index (Phi) is 3.45. The van der Waals surface area contributed by atoms with E-state index in [9.17, 15) is 9.59 Å². The van der Waals surface area contributed by atoms with Crippen molar-refractivity contribution in [2.24, 2.45) is 0 Å². The van der Waals surface area contributed by atoms with Crippen LogP contribution in [0, 0.1) is 0 Å². The summed E-state index contributed by atoms with van der Waals surface area (Å²) in [6.45, 7) is 3.03. The monoisotopic (exact) mass is 275 g/mol. The van der Waals surface area contributed by atoms with Gasteiger partial charge in [-0.1, -0.05) is 0 Å². The number of nitrogens with one attached hydrogen (secondary N) is 1. The molecule has 6 nitrogen and oxygen atoms in total. The Balaban J connectivity index is 1.60. The van der Waals surface area contributed by atoms with Crippen LogP contribution in [0.1, 0.15) is 5.56 Å². The molecule has 3 amide bonds. The molecule has 0 saturated carbocycles. The molecule has 106 valence electrons. The zero-order valence-electron chi connectivity index (χ0n) is 11.2. The Bertz CT molecular complexity index is 524. The highest BCUT2D eigenvalue weighted by molar-refractivity contribution is 5.89. The highest BCUT2D eigenvalue weighted by Crippen LogP contribution is 2.27. The molecule has 1 saturated heterocycles. The quantitative estimate of drug-likeness (QED) is 0.817. The molecule has 0 aliphatic carbocycles. The predicted octanol–water partition coefficient (Wildman–Crippen LogP) is 0.927. The van der Waals surface area contributed by atoms with Crippen molar-refractivity contribution in [2.45, 2.75) is 6.42 Å². The fraction of sp³-hybridized carbons (Fsp3) is 0.429. The first-order valence-electron chi connectivity index (χ1n) is 6.77. The number of benzene rings is 1. The van der Waals surface area contributed by atoms with Gasteiger partial charge in [0.15, 0.2) is 0 Å². The van der Waals surface area contributed by atoms with Crippen molar-refractivity contribution in [1.29, 1.82) is 0 Å². The fourth-order valence-electron chi connectivity index (χ4n) is 2.50. The van der Waals surface area contributed by atoms with Gasteiger partial charge in [0, 0.05) is 38.3 Å². The highest BCUT2D eigenvalue weighted by atomic mass is 16.5. The van der Waals surface area contributed by atoms with Gasteiger partial charge in [-0.3, -0.25) is 4.79 Å². The molecule has 2 aliphatic rings. The second-order valence-electron chi connectivity index (χ2n) is 4.98. The van der Waals surface area contributed by atoms with Crippen LogP contribution >= 0.6 is 0 Å². The van der Waals surface area contributed by atoms with E-state index in [0.29, 0.717) is 32.8 Å². The third-order valence-corrected chi connectivity index (χ3v) is 3.69. The van der Waals surface area contributed by atoms with E-state index in [1.807, 2.05) is 18.2 Å². The molecular formula is C14H17N3O3. The van der Waals surface area contributed by atoms with Gasteiger partial charge in [-0.25, -0.2) is 4.79 Å². The minimum atomic E-state index is -0.116. The number of rotatable bonds is 2. The van der Waals surface area contributed by atoms with Crippen molar-refractivity contribution in [3.63, 3.8) is 0 Å². The molecule has 0 aromatic heterocycles. The van der Waals surface area contributed by atoms with Gasteiger partial charge in [-0.2, -0.15) is 0 Å². The van der Waals surface area contributed by atoms with E-state index in [1.165, 1.54) is 0 Å². The van der Waals surface area contributed by atoms with E-state index in [-0.39, 0.29) is 6.03 Å². The van der Waals surface area contributed by atoms with E-state index < -0.39 is 0 Å². The summed E-state index contributed by atoms with van der Waals surface area (Å²) in [5.74, 6) is 0.905. The number of hydrogen-bond donors (Lipinski definition) is 1. The Morgan fingerprint density at radius 2 is 2.05 bits per heavy atom. The maximum atomic E-state index is 12.1. The second kappa shape index (κ2) is 5.40. The smallest absolute Gasteiger partial charge is 0.321 e. The summed E-state index contributed by atoms with van der Waals surface area (Å²) in [6.07, 6.45) is 1.72. The summed E-state index contributed by atoms with van der Waals surface area (Å²) in [5.41, 5.74) is 1.92. The van der Waals surface area contributed by atoms with Gasteiger partial charge in [0.2, 0.25) is 6.41 Å². The SMILES string of the molecule is O=CN1CCN(C(=O)Nc2ccc3c(c2)CCO3)CC1. The molecule has 0 spiro atoms.